The molecule has 0 saturated carbocycles. The molecule has 0 atom stereocenters. The molecule has 0 bridgehead atoms. The number of carbonyl (C=O) groups is 1. The molecular formula is C9H6ClF5N2O2. The molecule has 0 aliphatic heterocycles. The van der Waals surface area contributed by atoms with Crippen LogP contribution in [0.5, 0.6) is 5.75 Å². The van der Waals surface area contributed by atoms with Gasteiger partial charge in [-0.2, -0.15) is 0 Å². The van der Waals surface area contributed by atoms with Gasteiger partial charge in [-0.05, 0) is 11.6 Å². The number of nitrogens with two attached hydrogens (primary N) is 1. The minimum Gasteiger partial charge on any atom is -0.405 e. The zero-order valence-corrected chi connectivity index (χ0v) is 9.73. The van der Waals surface area contributed by atoms with Crippen LogP contribution in [-0.4, -0.2) is 16.6 Å². The molecule has 0 radical (unpaired) electrons. The highest BCUT2D eigenvalue weighted by Gasteiger charge is 2.36. The summed E-state index contributed by atoms with van der Waals surface area (Å²) in [6.45, 7) is -0.674. The van der Waals surface area contributed by atoms with Crippen LogP contribution in [0.1, 0.15) is 28.0 Å². The van der Waals surface area contributed by atoms with E-state index in [0.29, 0.717) is 6.20 Å². The fraction of sp³-hybridized carbons (Fsp3) is 0.333. The Balaban J connectivity index is 3.50. The van der Waals surface area contributed by atoms with E-state index in [1.54, 1.807) is 0 Å². The first kappa shape index (κ1) is 15.6. The number of hydrogen-bond acceptors (Lipinski definition) is 4. The minimum atomic E-state index is -5.22. The van der Waals surface area contributed by atoms with Crippen molar-refractivity contribution >= 4 is 16.8 Å². The normalized spacial score (nSPS) is 11.8. The Morgan fingerprint density at radius 3 is 2.42 bits per heavy atom. The first-order valence-electron chi connectivity index (χ1n) is 4.63. The Morgan fingerprint density at radius 1 is 1.47 bits per heavy atom. The molecule has 1 aromatic heterocycles. The highest BCUT2D eigenvalue weighted by atomic mass is 35.5. The fourth-order valence-corrected chi connectivity index (χ4v) is 1.47. The van der Waals surface area contributed by atoms with Gasteiger partial charge in [-0.25, -0.2) is 8.78 Å². The van der Waals surface area contributed by atoms with Crippen molar-refractivity contribution in [2.24, 2.45) is 5.73 Å². The summed E-state index contributed by atoms with van der Waals surface area (Å²) >= 11 is 5.08. The molecule has 1 heterocycles. The molecule has 0 aliphatic rings. The lowest BCUT2D eigenvalue weighted by molar-refractivity contribution is -0.275. The van der Waals surface area contributed by atoms with Crippen LogP contribution in [0.25, 0.3) is 0 Å². The molecule has 0 fully saturated rings. The maximum absolute atomic E-state index is 12.6. The molecule has 0 aliphatic carbocycles. The third-order valence-electron chi connectivity index (χ3n) is 2.00. The third-order valence-corrected chi connectivity index (χ3v) is 2.18. The lowest BCUT2D eigenvalue weighted by atomic mass is 10.1. The molecule has 2 N–H and O–H groups in total. The summed E-state index contributed by atoms with van der Waals surface area (Å²) in [6.07, 6.45) is -8.11. The van der Waals surface area contributed by atoms with Crippen LogP contribution in [0, 0.1) is 0 Å². The maximum atomic E-state index is 12.6. The third kappa shape index (κ3) is 3.74. The zero-order chi connectivity index (χ0) is 14.8. The Hall–Kier alpha value is -1.48. The average molecular weight is 305 g/mol. The van der Waals surface area contributed by atoms with Crippen LogP contribution >= 0.6 is 11.6 Å². The molecule has 0 saturated heterocycles. The second kappa shape index (κ2) is 5.66. The molecule has 0 unspecified atom stereocenters. The van der Waals surface area contributed by atoms with Crippen LogP contribution in [0.15, 0.2) is 6.20 Å². The number of carbonyl (C=O) groups excluding carboxylic acids is 1. The monoisotopic (exact) mass is 304 g/mol. The number of halogens is 6. The molecule has 0 aromatic carbocycles. The molecule has 1 aromatic rings. The molecule has 1 rings (SSSR count). The summed E-state index contributed by atoms with van der Waals surface area (Å²) in [5.74, 6) is -1.25. The van der Waals surface area contributed by atoms with Crippen molar-refractivity contribution in [3.63, 3.8) is 0 Å². The van der Waals surface area contributed by atoms with Crippen molar-refractivity contribution in [3.8, 4) is 5.75 Å². The summed E-state index contributed by atoms with van der Waals surface area (Å²) in [5, 5.41) is -1.23. The second-order valence-electron chi connectivity index (χ2n) is 3.20. The van der Waals surface area contributed by atoms with Gasteiger partial charge in [0.15, 0.2) is 0 Å². The molecule has 4 nitrogen and oxygen atoms in total. The van der Waals surface area contributed by atoms with Gasteiger partial charge in [-0.15, -0.1) is 13.2 Å². The van der Waals surface area contributed by atoms with Crippen LogP contribution in [0.3, 0.4) is 0 Å². The molecule has 106 valence electrons. The van der Waals surface area contributed by atoms with E-state index >= 15 is 0 Å². The smallest absolute Gasteiger partial charge is 0.405 e. The van der Waals surface area contributed by atoms with Gasteiger partial charge < -0.3 is 10.5 Å². The van der Waals surface area contributed by atoms with Crippen LogP contribution in [0.4, 0.5) is 22.0 Å². The van der Waals surface area contributed by atoms with E-state index in [4.69, 9.17) is 17.3 Å². The van der Waals surface area contributed by atoms with Gasteiger partial charge >= 0.3 is 6.36 Å². The second-order valence-corrected chi connectivity index (χ2v) is 3.54. The molecule has 10 heteroatoms. The Morgan fingerprint density at radius 2 is 2.05 bits per heavy atom. The van der Waals surface area contributed by atoms with Gasteiger partial charge in [-0.1, -0.05) is 0 Å². The zero-order valence-electron chi connectivity index (χ0n) is 8.97. The maximum Gasteiger partial charge on any atom is 0.573 e. The first-order chi connectivity index (χ1) is 8.67. The Bertz CT molecular complexity index is 492. The van der Waals surface area contributed by atoms with E-state index in [0.717, 1.165) is 0 Å². The van der Waals surface area contributed by atoms with Gasteiger partial charge in [0.05, 0.1) is 5.56 Å². The van der Waals surface area contributed by atoms with Crippen molar-refractivity contribution in [2.45, 2.75) is 19.3 Å². The largest absolute Gasteiger partial charge is 0.573 e. The number of pyridine rings is 1. The fourth-order valence-electron chi connectivity index (χ4n) is 1.30. The van der Waals surface area contributed by atoms with Crippen molar-refractivity contribution in [2.75, 3.05) is 0 Å². The number of hydrogen-bond donors (Lipinski definition) is 1. The summed E-state index contributed by atoms with van der Waals surface area (Å²) in [6, 6.07) is 0. The molecular weight excluding hydrogens is 299 g/mol. The predicted octanol–water partition coefficient (Wildman–Crippen LogP) is 2.76. The standard InChI is InChI=1S/C9H6ClF5N2O2/c10-7(18)5-3(1-16)6(19-9(13,14)15)4(2-17-5)8(11)12/h2,8H,1,16H2. The lowest BCUT2D eigenvalue weighted by Crippen LogP contribution is -2.21. The van der Waals surface area contributed by atoms with E-state index in [2.05, 4.69) is 9.72 Å². The summed E-state index contributed by atoms with van der Waals surface area (Å²) in [5.41, 5.74) is 2.72. The first-order valence-corrected chi connectivity index (χ1v) is 5.00. The average Bonchev–Trinajstić information content (AvgIpc) is 2.25. The SMILES string of the molecule is NCc1c(C(=O)Cl)ncc(C(F)F)c1OC(F)(F)F. The molecule has 19 heavy (non-hydrogen) atoms. The van der Waals surface area contributed by atoms with E-state index in [1.807, 2.05) is 0 Å². The Kier molecular flexibility index (Phi) is 4.64. The Labute approximate surface area is 108 Å². The summed E-state index contributed by atoms with van der Waals surface area (Å²) < 4.78 is 65.3. The van der Waals surface area contributed by atoms with E-state index in [9.17, 15) is 26.7 Å². The van der Waals surface area contributed by atoms with E-state index < -0.39 is 47.1 Å². The van der Waals surface area contributed by atoms with Crippen molar-refractivity contribution in [3.05, 3.63) is 23.0 Å². The van der Waals surface area contributed by atoms with Gasteiger partial charge in [-0.3, -0.25) is 9.78 Å². The lowest BCUT2D eigenvalue weighted by Gasteiger charge is -2.17. The van der Waals surface area contributed by atoms with Crippen molar-refractivity contribution in [1.82, 2.24) is 4.98 Å². The number of alkyl halides is 5. The minimum absolute atomic E-state index is 0.389. The quantitative estimate of drug-likeness (QED) is 0.686. The number of ether oxygens (including phenoxy) is 1. The van der Waals surface area contributed by atoms with Gasteiger partial charge in [0.1, 0.15) is 11.4 Å². The highest BCUT2D eigenvalue weighted by molar-refractivity contribution is 6.67. The highest BCUT2D eigenvalue weighted by Crippen LogP contribution is 2.36. The van der Waals surface area contributed by atoms with Gasteiger partial charge in [0, 0.05) is 18.3 Å². The summed E-state index contributed by atoms with van der Waals surface area (Å²) in [7, 11) is 0. The van der Waals surface area contributed by atoms with Crippen LogP contribution < -0.4 is 10.5 Å². The number of rotatable bonds is 4. The topological polar surface area (TPSA) is 65.2 Å². The molecule has 0 spiro atoms. The summed E-state index contributed by atoms with van der Waals surface area (Å²) in [4.78, 5) is 14.2. The van der Waals surface area contributed by atoms with Gasteiger partial charge in [0.25, 0.3) is 11.7 Å². The van der Waals surface area contributed by atoms with Crippen molar-refractivity contribution in [1.29, 1.82) is 0 Å². The van der Waals surface area contributed by atoms with E-state index in [-0.39, 0.29) is 0 Å². The van der Waals surface area contributed by atoms with Crippen LogP contribution in [0.2, 0.25) is 0 Å². The predicted molar refractivity (Wildman–Crippen MR) is 54.0 cm³/mol. The number of nitrogens with zero attached hydrogens (tertiary/aromatic N) is 1. The van der Waals surface area contributed by atoms with Crippen LogP contribution in [-0.2, 0) is 6.54 Å². The molecule has 0 amide bonds. The van der Waals surface area contributed by atoms with E-state index in [1.165, 1.54) is 0 Å². The van der Waals surface area contributed by atoms with Gasteiger partial charge in [0.2, 0.25) is 0 Å². The van der Waals surface area contributed by atoms with Crippen molar-refractivity contribution < 1.29 is 31.5 Å². The number of aromatic nitrogens is 1.